The van der Waals surface area contributed by atoms with E-state index in [0.717, 1.165) is 64.8 Å². The molecule has 4 nitrogen and oxygen atoms in total. The first kappa shape index (κ1) is 35.4. The summed E-state index contributed by atoms with van der Waals surface area (Å²) >= 11 is 0. The SMILES string of the molecule is CCCCCCCCCCOCOC=CCCCCC(OCCCCCCC)OCCCCCCC. The van der Waals surface area contributed by atoms with E-state index in [1.807, 2.05) is 0 Å². The molecule has 0 aromatic rings. The van der Waals surface area contributed by atoms with Crippen LogP contribution >= 0.6 is 0 Å². The number of hydrogen-bond donors (Lipinski definition) is 0. The molecule has 0 bridgehead atoms. The van der Waals surface area contributed by atoms with E-state index < -0.39 is 0 Å². The van der Waals surface area contributed by atoms with Gasteiger partial charge in [0.05, 0.1) is 12.9 Å². The Balaban J connectivity index is 3.70. The largest absolute Gasteiger partial charge is 0.475 e. The third-order valence-electron chi connectivity index (χ3n) is 6.65. The molecule has 0 rings (SSSR count). The molecule has 0 atom stereocenters. The molecule has 0 saturated carbocycles. The summed E-state index contributed by atoms with van der Waals surface area (Å²) in [5.74, 6) is 0. The van der Waals surface area contributed by atoms with Gasteiger partial charge in [-0.15, -0.1) is 0 Å². The first-order chi connectivity index (χ1) is 17.8. The minimum Gasteiger partial charge on any atom is -0.475 e. The lowest BCUT2D eigenvalue weighted by atomic mass is 10.1. The summed E-state index contributed by atoms with van der Waals surface area (Å²) in [7, 11) is 0. The predicted octanol–water partition coefficient (Wildman–Crippen LogP) is 10.5. The molecule has 4 heteroatoms. The first-order valence-corrected chi connectivity index (χ1v) is 15.9. The fourth-order valence-electron chi connectivity index (χ4n) is 4.25. The molecule has 0 heterocycles. The number of allylic oxidation sites excluding steroid dienone is 1. The van der Waals surface area contributed by atoms with E-state index in [4.69, 9.17) is 18.9 Å². The van der Waals surface area contributed by atoms with Gasteiger partial charge in [0.15, 0.2) is 13.1 Å². The van der Waals surface area contributed by atoms with Crippen molar-refractivity contribution in [3.63, 3.8) is 0 Å². The van der Waals surface area contributed by atoms with E-state index in [1.165, 1.54) is 96.3 Å². The summed E-state index contributed by atoms with van der Waals surface area (Å²) in [4.78, 5) is 0. The monoisotopic (exact) mass is 512 g/mol. The van der Waals surface area contributed by atoms with Gasteiger partial charge in [-0.2, -0.15) is 0 Å². The Bertz CT molecular complexity index is 397. The number of hydrogen-bond acceptors (Lipinski definition) is 4. The van der Waals surface area contributed by atoms with E-state index in [1.54, 1.807) is 6.26 Å². The predicted molar refractivity (Wildman–Crippen MR) is 155 cm³/mol. The van der Waals surface area contributed by atoms with E-state index in [2.05, 4.69) is 26.8 Å². The lowest BCUT2D eigenvalue weighted by Crippen LogP contribution is -2.19. The molecule has 0 saturated heterocycles. The molecule has 36 heavy (non-hydrogen) atoms. The average Bonchev–Trinajstić information content (AvgIpc) is 2.89. The van der Waals surface area contributed by atoms with Gasteiger partial charge in [0.25, 0.3) is 0 Å². The fraction of sp³-hybridized carbons (Fsp3) is 0.938. The van der Waals surface area contributed by atoms with Gasteiger partial charge in [0.1, 0.15) is 0 Å². The Labute approximate surface area is 226 Å². The van der Waals surface area contributed by atoms with Crippen molar-refractivity contribution >= 4 is 0 Å². The van der Waals surface area contributed by atoms with Gasteiger partial charge in [0.2, 0.25) is 0 Å². The highest BCUT2D eigenvalue weighted by Crippen LogP contribution is 2.13. The average molecular weight is 513 g/mol. The van der Waals surface area contributed by atoms with Crippen molar-refractivity contribution in [3.8, 4) is 0 Å². The Morgan fingerprint density at radius 3 is 1.50 bits per heavy atom. The highest BCUT2D eigenvalue weighted by molar-refractivity contribution is 4.72. The van der Waals surface area contributed by atoms with Crippen LogP contribution in [0.1, 0.15) is 162 Å². The molecule has 0 aromatic carbocycles. The zero-order chi connectivity index (χ0) is 26.2. The zero-order valence-electron chi connectivity index (χ0n) is 24.7. The lowest BCUT2D eigenvalue weighted by Gasteiger charge is -2.19. The van der Waals surface area contributed by atoms with E-state index >= 15 is 0 Å². The quantitative estimate of drug-likeness (QED) is 0.0526. The van der Waals surface area contributed by atoms with Crippen LogP contribution in [0.4, 0.5) is 0 Å². The number of unbranched alkanes of at least 4 members (excludes halogenated alkanes) is 17. The van der Waals surface area contributed by atoms with Crippen LogP contribution in [0.3, 0.4) is 0 Å². The highest BCUT2D eigenvalue weighted by Gasteiger charge is 2.09. The standard InChI is InChI=1S/C32H64O4/c1-4-7-10-13-14-15-19-22-27-33-31-34-28-23-20-16-21-26-32(35-29-24-17-11-8-5-2)36-30-25-18-12-9-6-3/h23,28,32H,4-22,24-27,29-31H2,1-3H3. The Kier molecular flexibility index (Phi) is 31.9. The van der Waals surface area contributed by atoms with E-state index in [0.29, 0.717) is 6.79 Å². The van der Waals surface area contributed by atoms with Gasteiger partial charge in [0, 0.05) is 13.2 Å². The molecule has 0 aliphatic carbocycles. The van der Waals surface area contributed by atoms with Crippen molar-refractivity contribution in [3.05, 3.63) is 12.3 Å². The van der Waals surface area contributed by atoms with E-state index in [9.17, 15) is 0 Å². The van der Waals surface area contributed by atoms with Crippen LogP contribution in [0.2, 0.25) is 0 Å². The van der Waals surface area contributed by atoms with Crippen LogP contribution < -0.4 is 0 Å². The molecule has 0 radical (unpaired) electrons. The van der Waals surface area contributed by atoms with Crippen LogP contribution in [-0.4, -0.2) is 32.9 Å². The zero-order valence-corrected chi connectivity index (χ0v) is 24.7. The normalized spacial score (nSPS) is 11.8. The molecule has 0 aliphatic heterocycles. The maximum absolute atomic E-state index is 6.10. The van der Waals surface area contributed by atoms with E-state index in [-0.39, 0.29) is 6.29 Å². The topological polar surface area (TPSA) is 36.9 Å². The number of rotatable bonds is 31. The second-order valence-electron chi connectivity index (χ2n) is 10.3. The Hall–Kier alpha value is -0.580. The van der Waals surface area contributed by atoms with Gasteiger partial charge in [-0.3, -0.25) is 0 Å². The molecule has 216 valence electrons. The minimum absolute atomic E-state index is 0.0349. The summed E-state index contributed by atoms with van der Waals surface area (Å²) in [6, 6.07) is 0. The van der Waals surface area contributed by atoms with Crippen molar-refractivity contribution in [1.82, 2.24) is 0 Å². The highest BCUT2D eigenvalue weighted by atomic mass is 16.7. The van der Waals surface area contributed by atoms with Gasteiger partial charge in [-0.1, -0.05) is 117 Å². The third kappa shape index (κ3) is 29.6. The molecule has 0 unspecified atom stereocenters. The van der Waals surface area contributed by atoms with Crippen molar-refractivity contribution in [2.75, 3.05) is 26.6 Å². The second kappa shape index (κ2) is 32.4. The van der Waals surface area contributed by atoms with Gasteiger partial charge >= 0.3 is 0 Å². The van der Waals surface area contributed by atoms with Crippen molar-refractivity contribution in [2.24, 2.45) is 0 Å². The third-order valence-corrected chi connectivity index (χ3v) is 6.65. The molecule has 0 fully saturated rings. The molecule has 0 spiro atoms. The second-order valence-corrected chi connectivity index (χ2v) is 10.3. The van der Waals surface area contributed by atoms with Crippen molar-refractivity contribution < 1.29 is 18.9 Å². The molecule has 0 N–H and O–H groups in total. The maximum atomic E-state index is 6.10. The summed E-state index contributed by atoms with van der Waals surface area (Å²) < 4.78 is 23.2. The molecule has 0 amide bonds. The summed E-state index contributed by atoms with van der Waals surface area (Å²) in [5, 5.41) is 0. The first-order valence-electron chi connectivity index (χ1n) is 15.9. The van der Waals surface area contributed by atoms with Gasteiger partial charge in [-0.25, -0.2) is 0 Å². The molecular weight excluding hydrogens is 448 g/mol. The smallest absolute Gasteiger partial charge is 0.188 e. The summed E-state index contributed by atoms with van der Waals surface area (Å²) in [6.07, 6.45) is 31.5. The lowest BCUT2D eigenvalue weighted by molar-refractivity contribution is -0.148. The maximum Gasteiger partial charge on any atom is 0.188 e. The Morgan fingerprint density at radius 1 is 0.500 bits per heavy atom. The van der Waals surface area contributed by atoms with Crippen LogP contribution in [0.25, 0.3) is 0 Å². The minimum atomic E-state index is -0.0349. The summed E-state index contributed by atoms with van der Waals surface area (Å²) in [5.41, 5.74) is 0. The van der Waals surface area contributed by atoms with Crippen LogP contribution in [-0.2, 0) is 18.9 Å². The summed E-state index contributed by atoms with van der Waals surface area (Å²) in [6.45, 7) is 9.62. The molecule has 0 aromatic heterocycles. The number of ether oxygens (including phenoxy) is 4. The fourth-order valence-corrected chi connectivity index (χ4v) is 4.25. The van der Waals surface area contributed by atoms with Gasteiger partial charge < -0.3 is 18.9 Å². The van der Waals surface area contributed by atoms with Crippen LogP contribution in [0.5, 0.6) is 0 Å². The van der Waals surface area contributed by atoms with Crippen LogP contribution in [0.15, 0.2) is 12.3 Å². The molecule has 0 aliphatic rings. The van der Waals surface area contributed by atoms with Crippen molar-refractivity contribution in [1.29, 1.82) is 0 Å². The molecular formula is C32H64O4. The van der Waals surface area contributed by atoms with Gasteiger partial charge in [-0.05, 0) is 51.0 Å². The Morgan fingerprint density at radius 2 is 0.972 bits per heavy atom. The van der Waals surface area contributed by atoms with Crippen LogP contribution in [0, 0.1) is 0 Å². The van der Waals surface area contributed by atoms with Crippen molar-refractivity contribution in [2.45, 2.75) is 168 Å².